The third kappa shape index (κ3) is 7.55. The molecule has 0 heterocycles. The molecule has 0 unspecified atom stereocenters. The first kappa shape index (κ1) is 31.4. The van der Waals surface area contributed by atoms with Gasteiger partial charge in [0.15, 0.2) is 11.5 Å². The van der Waals surface area contributed by atoms with Crippen LogP contribution in [0.4, 0.5) is 10.1 Å². The number of hydrogen-bond donors (Lipinski definition) is 1. The number of carbonyl (C=O) groups is 2. The molecule has 0 saturated carbocycles. The number of rotatable bonds is 13. The van der Waals surface area contributed by atoms with Gasteiger partial charge in [-0.1, -0.05) is 43.3 Å². The number of halogens is 1. The second-order valence-corrected chi connectivity index (χ2v) is 11.3. The van der Waals surface area contributed by atoms with Gasteiger partial charge in [-0.3, -0.25) is 13.9 Å². The lowest BCUT2D eigenvalue weighted by molar-refractivity contribution is -0.139. The van der Waals surface area contributed by atoms with E-state index < -0.39 is 40.2 Å². The Kier molecular flexibility index (Phi) is 10.7. The first-order chi connectivity index (χ1) is 19.5. The van der Waals surface area contributed by atoms with Gasteiger partial charge in [0.05, 0.1) is 24.8 Å². The Labute approximate surface area is 240 Å². The van der Waals surface area contributed by atoms with Crippen molar-refractivity contribution in [3.8, 4) is 11.5 Å². The van der Waals surface area contributed by atoms with Crippen LogP contribution in [0.2, 0.25) is 0 Å². The molecule has 11 heteroatoms. The van der Waals surface area contributed by atoms with Gasteiger partial charge in [0.2, 0.25) is 11.8 Å². The summed E-state index contributed by atoms with van der Waals surface area (Å²) in [7, 11) is -1.49. The monoisotopic (exact) mass is 585 g/mol. The highest BCUT2D eigenvalue weighted by molar-refractivity contribution is 7.92. The van der Waals surface area contributed by atoms with E-state index in [4.69, 9.17) is 9.47 Å². The van der Waals surface area contributed by atoms with Gasteiger partial charge in [-0.25, -0.2) is 12.8 Å². The predicted octanol–water partition coefficient (Wildman–Crippen LogP) is 4.37. The molecule has 9 nitrogen and oxygen atoms in total. The van der Waals surface area contributed by atoms with E-state index in [1.807, 2.05) is 13.8 Å². The molecule has 1 N–H and O–H groups in total. The van der Waals surface area contributed by atoms with Crippen LogP contribution in [-0.4, -0.2) is 58.0 Å². The Hall–Kier alpha value is -4.12. The zero-order valence-corrected chi connectivity index (χ0v) is 24.7. The number of methoxy groups -OCH3 is 2. The average molecular weight is 586 g/mol. The summed E-state index contributed by atoms with van der Waals surface area (Å²) in [5, 5.41) is 2.85. The Morgan fingerprint density at radius 3 is 2.17 bits per heavy atom. The lowest BCUT2D eigenvalue weighted by Crippen LogP contribution is -2.52. The quantitative estimate of drug-likeness (QED) is 0.320. The van der Waals surface area contributed by atoms with Crippen molar-refractivity contribution in [1.29, 1.82) is 0 Å². The van der Waals surface area contributed by atoms with Crippen LogP contribution in [0.25, 0.3) is 0 Å². The number of benzene rings is 3. The fourth-order valence-electron chi connectivity index (χ4n) is 4.09. The largest absolute Gasteiger partial charge is 0.493 e. The highest BCUT2D eigenvalue weighted by Crippen LogP contribution is 2.32. The maximum atomic E-state index is 14.6. The van der Waals surface area contributed by atoms with Crippen LogP contribution in [0.3, 0.4) is 0 Å². The summed E-state index contributed by atoms with van der Waals surface area (Å²) < 4.78 is 54.1. The van der Waals surface area contributed by atoms with Crippen LogP contribution >= 0.6 is 0 Å². The van der Waals surface area contributed by atoms with E-state index >= 15 is 0 Å². The number of carbonyl (C=O) groups excluding carboxylic acids is 2. The third-order valence-electron chi connectivity index (χ3n) is 6.73. The lowest BCUT2D eigenvalue weighted by Gasteiger charge is -2.32. The van der Waals surface area contributed by atoms with Crippen molar-refractivity contribution in [3.05, 3.63) is 84.2 Å². The molecule has 220 valence electrons. The van der Waals surface area contributed by atoms with Crippen LogP contribution < -0.4 is 19.1 Å². The van der Waals surface area contributed by atoms with E-state index in [0.29, 0.717) is 12.2 Å². The van der Waals surface area contributed by atoms with E-state index in [9.17, 15) is 22.4 Å². The SMILES string of the molecule is CC[C@H](C)NC(=O)[C@H](C)N(Cc1ccccc1F)C(=O)CN(c1ccccc1)S(=O)(=O)c1ccc(OC)c(OC)c1. The molecule has 0 radical (unpaired) electrons. The predicted molar refractivity (Wildman–Crippen MR) is 155 cm³/mol. The van der Waals surface area contributed by atoms with E-state index in [1.165, 1.54) is 62.4 Å². The summed E-state index contributed by atoms with van der Waals surface area (Å²) in [6.07, 6.45) is 0.672. The van der Waals surface area contributed by atoms with E-state index in [1.54, 1.807) is 36.4 Å². The normalized spacial score (nSPS) is 12.6. The number of nitrogens with zero attached hydrogens (tertiary/aromatic N) is 2. The molecule has 0 saturated heterocycles. The molecule has 0 aliphatic rings. The number of sulfonamides is 1. The van der Waals surface area contributed by atoms with Crippen LogP contribution in [0.15, 0.2) is 77.7 Å². The Morgan fingerprint density at radius 1 is 0.927 bits per heavy atom. The fraction of sp³-hybridized carbons (Fsp3) is 0.333. The highest BCUT2D eigenvalue weighted by Gasteiger charge is 2.33. The Morgan fingerprint density at radius 2 is 1.56 bits per heavy atom. The summed E-state index contributed by atoms with van der Waals surface area (Å²) in [6, 6.07) is 17.0. The van der Waals surface area contributed by atoms with E-state index in [2.05, 4.69) is 5.32 Å². The van der Waals surface area contributed by atoms with Gasteiger partial charge in [-0.05, 0) is 50.6 Å². The molecular weight excluding hydrogens is 549 g/mol. The summed E-state index contributed by atoms with van der Waals surface area (Å²) in [5.41, 5.74) is 0.427. The van der Waals surface area contributed by atoms with Crippen LogP contribution in [0, 0.1) is 5.82 Å². The molecule has 0 spiro atoms. The molecule has 3 rings (SSSR count). The van der Waals surface area contributed by atoms with Crippen molar-refractivity contribution in [2.75, 3.05) is 25.1 Å². The second-order valence-electron chi connectivity index (χ2n) is 9.47. The number of amides is 2. The van der Waals surface area contributed by atoms with E-state index in [0.717, 1.165) is 4.31 Å². The number of para-hydroxylation sites is 1. The van der Waals surface area contributed by atoms with Gasteiger partial charge in [0.1, 0.15) is 18.4 Å². The number of ether oxygens (including phenoxy) is 2. The fourth-order valence-corrected chi connectivity index (χ4v) is 5.52. The molecule has 0 aliphatic heterocycles. The third-order valence-corrected chi connectivity index (χ3v) is 8.50. The standard InChI is InChI=1S/C30H36FN3O6S/c1-6-21(2)32-30(36)22(3)33(19-23-12-10-11-15-26(23)31)29(35)20-34(24-13-8-7-9-14-24)41(37,38)25-16-17-27(39-4)28(18-25)40-5/h7-18,21-22H,6,19-20H2,1-5H3,(H,32,36)/t21-,22-/m0/s1. The summed E-state index contributed by atoms with van der Waals surface area (Å²) in [5.74, 6) is -1.13. The number of nitrogens with one attached hydrogen (secondary N) is 1. The molecule has 2 atom stereocenters. The van der Waals surface area contributed by atoms with Crippen LogP contribution in [0.1, 0.15) is 32.8 Å². The van der Waals surface area contributed by atoms with Crippen molar-refractivity contribution in [2.45, 2.75) is 50.7 Å². The maximum absolute atomic E-state index is 14.6. The average Bonchev–Trinajstić information content (AvgIpc) is 2.98. The summed E-state index contributed by atoms with van der Waals surface area (Å²) >= 11 is 0. The number of anilines is 1. The molecule has 2 amide bonds. The van der Waals surface area contributed by atoms with Crippen molar-refractivity contribution in [1.82, 2.24) is 10.2 Å². The van der Waals surface area contributed by atoms with Crippen molar-refractivity contribution >= 4 is 27.5 Å². The lowest BCUT2D eigenvalue weighted by atomic mass is 10.1. The van der Waals surface area contributed by atoms with Gasteiger partial charge in [-0.15, -0.1) is 0 Å². The van der Waals surface area contributed by atoms with Crippen LogP contribution in [-0.2, 0) is 26.2 Å². The van der Waals surface area contributed by atoms with Gasteiger partial charge in [0, 0.05) is 24.2 Å². The van der Waals surface area contributed by atoms with Gasteiger partial charge < -0.3 is 19.7 Å². The van der Waals surface area contributed by atoms with Gasteiger partial charge in [-0.2, -0.15) is 0 Å². The molecule has 0 bridgehead atoms. The topological polar surface area (TPSA) is 105 Å². The summed E-state index contributed by atoms with van der Waals surface area (Å²) in [4.78, 5) is 28.1. The first-order valence-corrected chi connectivity index (χ1v) is 14.6. The highest BCUT2D eigenvalue weighted by atomic mass is 32.2. The molecule has 3 aromatic rings. The van der Waals surface area contributed by atoms with Gasteiger partial charge in [0.25, 0.3) is 10.0 Å². The molecule has 41 heavy (non-hydrogen) atoms. The van der Waals surface area contributed by atoms with Crippen molar-refractivity contribution in [2.24, 2.45) is 0 Å². The minimum Gasteiger partial charge on any atom is -0.493 e. The molecule has 3 aromatic carbocycles. The minimum absolute atomic E-state index is 0.130. The molecule has 0 aromatic heterocycles. The molecule has 0 aliphatic carbocycles. The Bertz CT molecular complexity index is 1450. The van der Waals surface area contributed by atoms with Gasteiger partial charge >= 0.3 is 0 Å². The minimum atomic E-state index is -4.31. The second kappa shape index (κ2) is 14.0. The molecule has 0 fully saturated rings. The molecular formula is C30H36FN3O6S. The first-order valence-electron chi connectivity index (χ1n) is 13.2. The van der Waals surface area contributed by atoms with E-state index in [-0.39, 0.29) is 34.5 Å². The maximum Gasteiger partial charge on any atom is 0.264 e. The van der Waals surface area contributed by atoms with Crippen molar-refractivity contribution < 1.29 is 31.9 Å². The zero-order valence-electron chi connectivity index (χ0n) is 23.8. The smallest absolute Gasteiger partial charge is 0.264 e. The zero-order chi connectivity index (χ0) is 30.2. The number of hydrogen-bond acceptors (Lipinski definition) is 6. The summed E-state index contributed by atoms with van der Waals surface area (Å²) in [6.45, 7) is 4.40. The van der Waals surface area contributed by atoms with Crippen molar-refractivity contribution in [3.63, 3.8) is 0 Å². The Balaban J connectivity index is 2.05. The van der Waals surface area contributed by atoms with Crippen LogP contribution in [0.5, 0.6) is 11.5 Å².